The molecule has 0 aromatic heterocycles. The molecule has 6 heteroatoms. The van der Waals surface area contributed by atoms with Crippen LogP contribution in [0.2, 0.25) is 0 Å². The summed E-state index contributed by atoms with van der Waals surface area (Å²) in [5.74, 6) is -0.177. The number of nitrogens with one attached hydrogen (secondary N) is 1. The van der Waals surface area contributed by atoms with Crippen LogP contribution in [0.1, 0.15) is 16.8 Å². The minimum Gasteiger partial charge on any atom is -0.354 e. The summed E-state index contributed by atoms with van der Waals surface area (Å²) >= 11 is 5.50. The van der Waals surface area contributed by atoms with Gasteiger partial charge < -0.3 is 10.2 Å². The second kappa shape index (κ2) is 6.01. The first-order chi connectivity index (χ1) is 8.58. The molecule has 0 radical (unpaired) electrons. The molecule has 0 atom stereocenters. The molecule has 1 saturated heterocycles. The van der Waals surface area contributed by atoms with Crippen LogP contribution in [0.15, 0.2) is 22.7 Å². The molecule has 0 bridgehead atoms. The topological polar surface area (TPSA) is 49.4 Å². The lowest BCUT2D eigenvalue weighted by Crippen LogP contribution is -2.37. The van der Waals surface area contributed by atoms with Gasteiger partial charge in [-0.3, -0.25) is 9.59 Å². The van der Waals surface area contributed by atoms with Crippen LogP contribution in [0.3, 0.4) is 0 Å². The van der Waals surface area contributed by atoms with E-state index in [1.165, 1.54) is 0 Å². The second-order valence-electron chi connectivity index (χ2n) is 4.05. The largest absolute Gasteiger partial charge is 0.354 e. The monoisotopic (exact) mass is 422 g/mol. The maximum absolute atomic E-state index is 12.4. The third-order valence-electron chi connectivity index (χ3n) is 2.71. The number of amides is 2. The molecule has 0 unspecified atom stereocenters. The second-order valence-corrected chi connectivity index (χ2v) is 6.13. The molecule has 2 rings (SSSR count). The van der Waals surface area contributed by atoms with E-state index in [1.807, 2.05) is 12.1 Å². The van der Waals surface area contributed by atoms with Crippen LogP contribution in [-0.2, 0) is 4.79 Å². The van der Waals surface area contributed by atoms with Gasteiger partial charge in [-0.15, -0.1) is 0 Å². The lowest BCUT2D eigenvalue weighted by molar-refractivity contribution is -0.121. The Labute approximate surface area is 127 Å². The molecule has 2 amide bonds. The quantitative estimate of drug-likeness (QED) is 0.704. The minimum absolute atomic E-state index is 0.0854. The van der Waals surface area contributed by atoms with Gasteiger partial charge in [-0.25, -0.2) is 0 Å². The van der Waals surface area contributed by atoms with Gasteiger partial charge in [-0.2, -0.15) is 0 Å². The van der Waals surface area contributed by atoms with E-state index < -0.39 is 0 Å². The fraction of sp³-hybridized carbons (Fsp3) is 0.333. The van der Waals surface area contributed by atoms with Crippen LogP contribution in [0.4, 0.5) is 0 Å². The maximum Gasteiger partial charge on any atom is 0.255 e. The number of nitrogens with zero attached hydrogens (tertiary/aromatic N) is 1. The molecular weight excluding hydrogens is 411 g/mol. The van der Waals surface area contributed by atoms with Crippen molar-refractivity contribution in [3.05, 3.63) is 31.8 Å². The molecule has 0 spiro atoms. The molecule has 18 heavy (non-hydrogen) atoms. The minimum atomic E-state index is -0.0918. The number of rotatable bonds is 1. The molecule has 1 fully saturated rings. The van der Waals surface area contributed by atoms with Crippen LogP contribution in [-0.4, -0.2) is 36.3 Å². The lowest BCUT2D eigenvalue weighted by atomic mass is 10.2. The van der Waals surface area contributed by atoms with Crippen LogP contribution in [0.5, 0.6) is 0 Å². The number of hydrogen-bond acceptors (Lipinski definition) is 2. The average molecular weight is 423 g/mol. The molecule has 0 aliphatic carbocycles. The van der Waals surface area contributed by atoms with Crippen molar-refractivity contribution in [2.75, 3.05) is 19.6 Å². The van der Waals surface area contributed by atoms with Gasteiger partial charge in [0.15, 0.2) is 0 Å². The molecular formula is C12H12BrIN2O2. The standard InChI is InChI=1S/C12H12BrIN2O2/c13-8-2-3-10(14)9(6-8)12(18)16-5-1-4-15-11(17)7-16/h2-3,6H,1,4-5,7H2,(H,15,17). The number of carbonyl (C=O) groups excluding carboxylic acids is 2. The van der Waals surface area contributed by atoms with Gasteiger partial charge in [0.05, 0.1) is 12.1 Å². The van der Waals surface area contributed by atoms with E-state index in [1.54, 1.807) is 11.0 Å². The third kappa shape index (κ3) is 3.23. The van der Waals surface area contributed by atoms with Gasteiger partial charge in [0, 0.05) is 21.1 Å². The molecule has 4 nitrogen and oxygen atoms in total. The van der Waals surface area contributed by atoms with Gasteiger partial charge >= 0.3 is 0 Å². The van der Waals surface area contributed by atoms with Crippen molar-refractivity contribution in [3.63, 3.8) is 0 Å². The molecule has 1 aliphatic rings. The SMILES string of the molecule is O=C1CN(C(=O)c2cc(Br)ccc2I)CCCN1. The predicted octanol–water partition coefficient (Wildman–Crippen LogP) is 2.02. The van der Waals surface area contributed by atoms with E-state index in [4.69, 9.17) is 0 Å². The van der Waals surface area contributed by atoms with E-state index in [0.717, 1.165) is 14.5 Å². The van der Waals surface area contributed by atoms with E-state index in [-0.39, 0.29) is 18.4 Å². The number of halogens is 2. The average Bonchev–Trinajstić information content (AvgIpc) is 2.56. The van der Waals surface area contributed by atoms with Crippen LogP contribution >= 0.6 is 38.5 Å². The van der Waals surface area contributed by atoms with Crippen molar-refractivity contribution in [1.82, 2.24) is 10.2 Å². The van der Waals surface area contributed by atoms with Crippen LogP contribution < -0.4 is 5.32 Å². The van der Waals surface area contributed by atoms with Gasteiger partial charge in [-0.1, -0.05) is 15.9 Å². The highest BCUT2D eigenvalue weighted by Crippen LogP contribution is 2.20. The van der Waals surface area contributed by atoms with Crippen molar-refractivity contribution < 1.29 is 9.59 Å². The zero-order valence-electron chi connectivity index (χ0n) is 9.58. The van der Waals surface area contributed by atoms with Gasteiger partial charge in [-0.05, 0) is 47.2 Å². The number of benzene rings is 1. The fourth-order valence-electron chi connectivity index (χ4n) is 1.81. The fourth-order valence-corrected chi connectivity index (χ4v) is 2.74. The smallest absolute Gasteiger partial charge is 0.255 e. The normalized spacial score (nSPS) is 16.1. The highest BCUT2D eigenvalue weighted by atomic mass is 127. The van der Waals surface area contributed by atoms with Gasteiger partial charge in [0.2, 0.25) is 5.91 Å². The van der Waals surface area contributed by atoms with E-state index in [9.17, 15) is 9.59 Å². The Hall–Kier alpha value is -0.630. The van der Waals surface area contributed by atoms with Crippen LogP contribution in [0, 0.1) is 3.57 Å². The van der Waals surface area contributed by atoms with E-state index >= 15 is 0 Å². The van der Waals surface area contributed by atoms with Crippen molar-refractivity contribution in [1.29, 1.82) is 0 Å². The summed E-state index contributed by atoms with van der Waals surface area (Å²) in [6, 6.07) is 5.58. The summed E-state index contributed by atoms with van der Waals surface area (Å²) in [5, 5.41) is 2.76. The summed E-state index contributed by atoms with van der Waals surface area (Å²) in [5.41, 5.74) is 0.639. The summed E-state index contributed by atoms with van der Waals surface area (Å²) in [4.78, 5) is 25.5. The van der Waals surface area contributed by atoms with Crippen LogP contribution in [0.25, 0.3) is 0 Å². The number of hydrogen-bond donors (Lipinski definition) is 1. The zero-order valence-corrected chi connectivity index (χ0v) is 13.3. The summed E-state index contributed by atoms with van der Waals surface area (Å²) in [7, 11) is 0. The summed E-state index contributed by atoms with van der Waals surface area (Å²) in [6.45, 7) is 1.39. The summed E-state index contributed by atoms with van der Waals surface area (Å²) in [6.07, 6.45) is 0.794. The first-order valence-electron chi connectivity index (χ1n) is 5.59. The van der Waals surface area contributed by atoms with Crippen molar-refractivity contribution in [3.8, 4) is 0 Å². The lowest BCUT2D eigenvalue weighted by Gasteiger charge is -2.19. The Morgan fingerprint density at radius 1 is 1.44 bits per heavy atom. The highest BCUT2D eigenvalue weighted by molar-refractivity contribution is 14.1. The maximum atomic E-state index is 12.4. The van der Waals surface area contributed by atoms with Gasteiger partial charge in [0.1, 0.15) is 0 Å². The Kier molecular flexibility index (Phi) is 4.60. The van der Waals surface area contributed by atoms with E-state index in [0.29, 0.717) is 18.7 Å². The van der Waals surface area contributed by atoms with Crippen molar-refractivity contribution in [2.24, 2.45) is 0 Å². The third-order valence-corrected chi connectivity index (χ3v) is 4.14. The first kappa shape index (κ1) is 13.8. The molecule has 1 aromatic rings. The van der Waals surface area contributed by atoms with Crippen molar-refractivity contribution in [2.45, 2.75) is 6.42 Å². The Morgan fingerprint density at radius 2 is 2.22 bits per heavy atom. The Balaban J connectivity index is 2.24. The van der Waals surface area contributed by atoms with Crippen molar-refractivity contribution >= 4 is 50.3 Å². The first-order valence-corrected chi connectivity index (χ1v) is 7.46. The number of carbonyl (C=O) groups is 2. The molecule has 1 N–H and O–H groups in total. The molecule has 0 saturated carbocycles. The molecule has 1 aromatic carbocycles. The van der Waals surface area contributed by atoms with E-state index in [2.05, 4.69) is 43.8 Å². The molecule has 1 aliphatic heterocycles. The Bertz CT molecular complexity index is 493. The Morgan fingerprint density at radius 3 is 3.00 bits per heavy atom. The molecule has 1 heterocycles. The molecule has 96 valence electrons. The summed E-state index contributed by atoms with van der Waals surface area (Å²) < 4.78 is 1.76. The predicted molar refractivity (Wildman–Crippen MR) is 80.4 cm³/mol. The van der Waals surface area contributed by atoms with Gasteiger partial charge in [0.25, 0.3) is 5.91 Å². The highest BCUT2D eigenvalue weighted by Gasteiger charge is 2.22. The zero-order chi connectivity index (χ0) is 13.1.